The van der Waals surface area contributed by atoms with E-state index in [1.807, 2.05) is 0 Å². The number of nitrogens with two attached hydrogens (primary N) is 1. The number of nitrogens with one attached hydrogen (secondary N) is 3. The normalized spacial score (nSPS) is 17.9. The molecule has 0 amide bonds. The molecule has 15 heavy (non-hydrogen) atoms. The summed E-state index contributed by atoms with van der Waals surface area (Å²) >= 11 is 0. The van der Waals surface area contributed by atoms with Crippen LogP contribution in [0.25, 0.3) is 0 Å². The largest absolute Gasteiger partial charge is 0.385 e. The minimum absolute atomic E-state index is 0.145. The van der Waals surface area contributed by atoms with E-state index >= 15 is 0 Å². The summed E-state index contributed by atoms with van der Waals surface area (Å²) in [5, 5.41) is 3.21. The average Bonchev–Trinajstić information content (AvgIpc) is 2.17. The highest BCUT2D eigenvalue weighted by Gasteiger charge is 2.21. The van der Waals surface area contributed by atoms with Gasteiger partial charge in [0.15, 0.2) is 0 Å². The van der Waals surface area contributed by atoms with Crippen molar-refractivity contribution in [2.75, 3.05) is 18.8 Å². The highest BCUT2D eigenvalue weighted by molar-refractivity contribution is 5.39. The first-order valence-electron chi connectivity index (χ1n) is 5.01. The second-order valence-corrected chi connectivity index (χ2v) is 3.76. The van der Waals surface area contributed by atoms with Gasteiger partial charge >= 0.3 is 5.69 Å². The molecule has 1 fully saturated rings. The number of H-pyrrole nitrogens is 2. The van der Waals surface area contributed by atoms with Crippen molar-refractivity contribution in [2.24, 2.45) is 0 Å². The fourth-order valence-corrected chi connectivity index (χ4v) is 2.03. The van der Waals surface area contributed by atoms with Gasteiger partial charge in [-0.05, 0) is 31.8 Å². The van der Waals surface area contributed by atoms with Gasteiger partial charge in [-0.25, -0.2) is 4.79 Å². The fraction of sp³-hybridized carbons (Fsp3) is 0.556. The molecule has 6 heteroatoms. The van der Waals surface area contributed by atoms with Crippen molar-refractivity contribution in [1.29, 1.82) is 0 Å². The number of anilines is 1. The van der Waals surface area contributed by atoms with Crippen LogP contribution in [0.4, 0.5) is 5.82 Å². The van der Waals surface area contributed by atoms with E-state index in [2.05, 4.69) is 15.3 Å². The molecule has 5 N–H and O–H groups in total. The number of piperidine rings is 1. The first kappa shape index (κ1) is 9.97. The van der Waals surface area contributed by atoms with Crippen molar-refractivity contribution in [3.05, 3.63) is 26.4 Å². The summed E-state index contributed by atoms with van der Waals surface area (Å²) in [6, 6.07) is 0. The van der Waals surface area contributed by atoms with Gasteiger partial charge in [-0.3, -0.25) is 14.8 Å². The third-order valence-electron chi connectivity index (χ3n) is 2.76. The quantitative estimate of drug-likeness (QED) is 0.483. The van der Waals surface area contributed by atoms with Gasteiger partial charge in [0.05, 0.1) is 5.56 Å². The lowest BCUT2D eigenvalue weighted by molar-refractivity contribution is 0.457. The second kappa shape index (κ2) is 3.90. The van der Waals surface area contributed by atoms with Crippen LogP contribution in [0, 0.1) is 0 Å². The van der Waals surface area contributed by atoms with Gasteiger partial charge in [0, 0.05) is 0 Å². The fourth-order valence-electron chi connectivity index (χ4n) is 2.03. The zero-order valence-corrected chi connectivity index (χ0v) is 8.30. The van der Waals surface area contributed by atoms with E-state index in [9.17, 15) is 9.59 Å². The van der Waals surface area contributed by atoms with E-state index in [0.29, 0.717) is 5.56 Å². The average molecular weight is 210 g/mol. The molecule has 0 aliphatic carbocycles. The summed E-state index contributed by atoms with van der Waals surface area (Å²) in [5.41, 5.74) is 5.28. The first-order valence-corrected chi connectivity index (χ1v) is 5.01. The molecule has 0 spiro atoms. The third-order valence-corrected chi connectivity index (χ3v) is 2.76. The summed E-state index contributed by atoms with van der Waals surface area (Å²) in [6.07, 6.45) is 1.75. The summed E-state index contributed by atoms with van der Waals surface area (Å²) in [5.74, 6) is 0.350. The Balaban J connectivity index is 2.42. The Hall–Kier alpha value is -1.56. The monoisotopic (exact) mass is 210 g/mol. The second-order valence-electron chi connectivity index (χ2n) is 3.76. The molecule has 6 nitrogen and oxygen atoms in total. The van der Waals surface area contributed by atoms with E-state index in [-0.39, 0.29) is 17.3 Å². The molecule has 0 radical (unpaired) electrons. The van der Waals surface area contributed by atoms with Crippen molar-refractivity contribution in [1.82, 2.24) is 15.3 Å². The van der Waals surface area contributed by atoms with Crippen molar-refractivity contribution in [2.45, 2.75) is 18.8 Å². The molecule has 2 rings (SSSR count). The van der Waals surface area contributed by atoms with Crippen molar-refractivity contribution >= 4 is 5.82 Å². The van der Waals surface area contributed by atoms with Crippen LogP contribution < -0.4 is 22.3 Å². The van der Waals surface area contributed by atoms with Crippen LogP contribution in [0.15, 0.2) is 9.59 Å². The molecule has 1 aromatic heterocycles. The van der Waals surface area contributed by atoms with E-state index in [1.54, 1.807) is 0 Å². The van der Waals surface area contributed by atoms with Gasteiger partial charge in [-0.15, -0.1) is 0 Å². The minimum atomic E-state index is -0.546. The Kier molecular flexibility index (Phi) is 2.59. The first-order chi connectivity index (χ1) is 7.18. The Morgan fingerprint density at radius 1 is 1.13 bits per heavy atom. The van der Waals surface area contributed by atoms with Crippen LogP contribution in [-0.4, -0.2) is 23.1 Å². The standard InChI is InChI=1S/C9H14N4O2/c10-7-6(5-1-3-11-4-2-5)8(14)13-9(15)12-7/h5,11H,1-4H2,(H4,10,12,13,14,15). The van der Waals surface area contributed by atoms with Crippen LogP contribution in [0.2, 0.25) is 0 Å². The molecule has 1 saturated heterocycles. The minimum Gasteiger partial charge on any atom is -0.385 e. The molecule has 0 bridgehead atoms. The maximum absolute atomic E-state index is 11.6. The van der Waals surface area contributed by atoms with Crippen LogP contribution in [0.5, 0.6) is 0 Å². The third kappa shape index (κ3) is 1.94. The predicted octanol–water partition coefficient (Wildman–Crippen LogP) is -0.888. The van der Waals surface area contributed by atoms with Gasteiger partial charge in [-0.2, -0.15) is 0 Å². The molecule has 0 atom stereocenters. The number of nitrogen functional groups attached to an aromatic ring is 1. The van der Waals surface area contributed by atoms with Crippen LogP contribution in [0.3, 0.4) is 0 Å². The highest BCUT2D eigenvalue weighted by Crippen LogP contribution is 2.24. The lowest BCUT2D eigenvalue weighted by atomic mass is 9.91. The van der Waals surface area contributed by atoms with Gasteiger partial charge in [-0.1, -0.05) is 0 Å². The Bertz CT molecular complexity index is 456. The van der Waals surface area contributed by atoms with Gasteiger partial charge in [0.1, 0.15) is 5.82 Å². The van der Waals surface area contributed by atoms with E-state index in [1.165, 1.54) is 0 Å². The zero-order chi connectivity index (χ0) is 10.8. The van der Waals surface area contributed by atoms with Crippen molar-refractivity contribution in [3.63, 3.8) is 0 Å². The summed E-state index contributed by atoms with van der Waals surface area (Å²) in [4.78, 5) is 27.2. The van der Waals surface area contributed by atoms with Crippen LogP contribution >= 0.6 is 0 Å². The van der Waals surface area contributed by atoms with Crippen LogP contribution in [-0.2, 0) is 0 Å². The molecule has 2 heterocycles. The highest BCUT2D eigenvalue weighted by atomic mass is 16.2. The van der Waals surface area contributed by atoms with E-state index in [0.717, 1.165) is 25.9 Å². The number of hydrogen-bond donors (Lipinski definition) is 4. The zero-order valence-electron chi connectivity index (χ0n) is 8.30. The number of hydrogen-bond acceptors (Lipinski definition) is 4. The van der Waals surface area contributed by atoms with E-state index in [4.69, 9.17) is 5.73 Å². The van der Waals surface area contributed by atoms with Crippen molar-refractivity contribution < 1.29 is 0 Å². The van der Waals surface area contributed by atoms with Crippen molar-refractivity contribution in [3.8, 4) is 0 Å². The Labute approximate surface area is 85.9 Å². The SMILES string of the molecule is Nc1[nH]c(=O)[nH]c(=O)c1C1CCNCC1. The molecule has 0 unspecified atom stereocenters. The predicted molar refractivity (Wildman–Crippen MR) is 56.9 cm³/mol. The number of aromatic nitrogens is 2. The molecule has 1 aromatic rings. The van der Waals surface area contributed by atoms with E-state index < -0.39 is 5.69 Å². The molecule has 1 aliphatic heterocycles. The molecule has 82 valence electrons. The van der Waals surface area contributed by atoms with Crippen LogP contribution in [0.1, 0.15) is 24.3 Å². The van der Waals surface area contributed by atoms with Gasteiger partial charge in [0.25, 0.3) is 5.56 Å². The molecular formula is C9H14N4O2. The number of aromatic amines is 2. The lowest BCUT2D eigenvalue weighted by Gasteiger charge is -2.22. The topological polar surface area (TPSA) is 104 Å². The summed E-state index contributed by atoms with van der Waals surface area (Å²) < 4.78 is 0. The smallest absolute Gasteiger partial charge is 0.327 e. The maximum atomic E-state index is 11.6. The molecule has 1 aliphatic rings. The Morgan fingerprint density at radius 2 is 1.80 bits per heavy atom. The van der Waals surface area contributed by atoms with Gasteiger partial charge in [0.2, 0.25) is 0 Å². The lowest BCUT2D eigenvalue weighted by Crippen LogP contribution is -2.33. The molecular weight excluding hydrogens is 196 g/mol. The molecule has 0 aromatic carbocycles. The summed E-state index contributed by atoms with van der Waals surface area (Å²) in [6.45, 7) is 1.76. The number of rotatable bonds is 1. The maximum Gasteiger partial charge on any atom is 0.327 e. The van der Waals surface area contributed by atoms with Gasteiger partial charge < -0.3 is 11.1 Å². The molecule has 0 saturated carbocycles. The summed E-state index contributed by atoms with van der Waals surface area (Å²) in [7, 11) is 0. The Morgan fingerprint density at radius 3 is 2.40 bits per heavy atom.